The van der Waals surface area contributed by atoms with E-state index in [4.69, 9.17) is 22.2 Å². The normalized spacial score (nSPS) is 16.4. The van der Waals surface area contributed by atoms with Crippen molar-refractivity contribution in [3.63, 3.8) is 0 Å². The zero-order chi connectivity index (χ0) is 19.2. The van der Waals surface area contributed by atoms with E-state index < -0.39 is 0 Å². The van der Waals surface area contributed by atoms with E-state index in [1.54, 1.807) is 17.0 Å². The Balaban J connectivity index is 1.51. The number of rotatable bonds is 9. The molecule has 0 saturated carbocycles. The highest BCUT2D eigenvalue weighted by molar-refractivity contribution is 7.18. The number of amides is 1. The first-order valence-electron chi connectivity index (χ1n) is 8.61. The number of thiophene rings is 1. The van der Waals surface area contributed by atoms with Gasteiger partial charge in [-0.3, -0.25) is 21.0 Å². The molecule has 0 unspecified atom stereocenters. The second-order valence-electron chi connectivity index (χ2n) is 6.11. The van der Waals surface area contributed by atoms with Crippen molar-refractivity contribution in [2.75, 3.05) is 29.9 Å². The molecule has 2 heterocycles. The molecule has 7 nitrogen and oxygen atoms in total. The van der Waals surface area contributed by atoms with Crippen LogP contribution in [0.5, 0.6) is 0 Å². The van der Waals surface area contributed by atoms with E-state index in [-0.39, 0.29) is 18.0 Å². The molecular weight excluding hydrogens is 388 g/mol. The molecule has 1 fully saturated rings. The summed E-state index contributed by atoms with van der Waals surface area (Å²) in [7, 11) is 0. The molecule has 1 aliphatic heterocycles. The minimum absolute atomic E-state index is 0.0174. The molecule has 3 rings (SSSR count). The van der Waals surface area contributed by atoms with Crippen molar-refractivity contribution in [3.05, 3.63) is 45.6 Å². The highest BCUT2D eigenvalue weighted by Crippen LogP contribution is 2.27. The minimum Gasteiger partial charge on any atom is -0.444 e. The van der Waals surface area contributed by atoms with Gasteiger partial charge < -0.3 is 10.1 Å². The first-order valence-corrected chi connectivity index (χ1v) is 9.80. The number of hydrogen-bond acceptors (Lipinski definition) is 7. The largest absolute Gasteiger partial charge is 0.444 e. The number of carbonyl (C=O) groups is 2. The van der Waals surface area contributed by atoms with Crippen molar-refractivity contribution in [2.45, 2.75) is 18.9 Å². The van der Waals surface area contributed by atoms with Crippen LogP contribution in [0.4, 0.5) is 16.2 Å². The van der Waals surface area contributed by atoms with Gasteiger partial charge in [0, 0.05) is 30.9 Å². The molecule has 1 saturated heterocycles. The summed E-state index contributed by atoms with van der Waals surface area (Å²) in [6, 6.07) is 11.0. The summed E-state index contributed by atoms with van der Waals surface area (Å²) in [4.78, 5) is 26.6. The van der Waals surface area contributed by atoms with Crippen LogP contribution in [0.2, 0.25) is 4.34 Å². The van der Waals surface area contributed by atoms with Gasteiger partial charge in [-0.25, -0.2) is 4.79 Å². The third kappa shape index (κ3) is 5.20. The highest BCUT2D eigenvalue weighted by Gasteiger charge is 2.32. The Bertz CT molecular complexity index is 796. The predicted molar refractivity (Wildman–Crippen MR) is 108 cm³/mol. The number of nitrogens with zero attached hydrogens (tertiary/aromatic N) is 1. The lowest BCUT2D eigenvalue weighted by Crippen LogP contribution is -2.28. The molecular formula is C18H21ClN4O3S. The lowest BCUT2D eigenvalue weighted by molar-refractivity contribution is 0.0943. The highest BCUT2D eigenvalue weighted by atomic mass is 35.5. The number of cyclic esters (lactones) is 1. The van der Waals surface area contributed by atoms with E-state index in [0.717, 1.165) is 11.4 Å². The van der Waals surface area contributed by atoms with Gasteiger partial charge in [-0.15, -0.1) is 11.3 Å². The molecule has 1 atom stereocenters. The lowest BCUT2D eigenvalue weighted by atomic mass is 10.1. The van der Waals surface area contributed by atoms with Crippen molar-refractivity contribution >= 4 is 46.2 Å². The average Bonchev–Trinajstić information content (AvgIpc) is 3.26. The maximum atomic E-state index is 12.2. The van der Waals surface area contributed by atoms with Crippen molar-refractivity contribution in [3.8, 4) is 0 Å². The number of anilines is 2. The monoisotopic (exact) mass is 408 g/mol. The molecule has 144 valence electrons. The Labute approximate surface area is 166 Å². The Morgan fingerprint density at radius 2 is 2.04 bits per heavy atom. The van der Waals surface area contributed by atoms with Crippen LogP contribution < -0.4 is 21.5 Å². The van der Waals surface area contributed by atoms with Crippen molar-refractivity contribution < 1.29 is 14.3 Å². The Kier molecular flexibility index (Phi) is 6.68. The van der Waals surface area contributed by atoms with E-state index in [2.05, 4.69) is 10.7 Å². The van der Waals surface area contributed by atoms with Crippen molar-refractivity contribution in [2.24, 2.45) is 5.84 Å². The summed E-state index contributed by atoms with van der Waals surface area (Å²) in [6.45, 7) is 1.78. The van der Waals surface area contributed by atoms with Crippen LogP contribution in [-0.4, -0.2) is 37.6 Å². The van der Waals surface area contributed by atoms with Crippen molar-refractivity contribution in [1.29, 1.82) is 0 Å². The molecule has 27 heavy (non-hydrogen) atoms. The number of halogens is 1. The number of nitrogens with one attached hydrogen (secondary N) is 2. The maximum absolute atomic E-state index is 12.2. The van der Waals surface area contributed by atoms with E-state index in [0.29, 0.717) is 41.7 Å². The predicted octanol–water partition coefficient (Wildman–Crippen LogP) is 3.27. The van der Waals surface area contributed by atoms with Crippen LogP contribution in [0.3, 0.4) is 0 Å². The number of ether oxygens (including phenoxy) is 1. The topological polar surface area (TPSA) is 96.7 Å². The molecule has 0 radical (unpaired) electrons. The summed E-state index contributed by atoms with van der Waals surface area (Å²) in [6.07, 6.45) is 0.119. The summed E-state index contributed by atoms with van der Waals surface area (Å²) in [5.74, 6) is 5.25. The number of Topliss-reactive ketones (excluding diaryl/α,β-unsaturated/α-hetero) is 1. The number of hydrazine groups is 1. The van der Waals surface area contributed by atoms with Gasteiger partial charge in [0.15, 0.2) is 5.78 Å². The molecule has 1 aliphatic rings. The van der Waals surface area contributed by atoms with E-state index in [9.17, 15) is 9.59 Å². The molecule has 4 N–H and O–H groups in total. The van der Waals surface area contributed by atoms with E-state index in [1.165, 1.54) is 11.3 Å². The van der Waals surface area contributed by atoms with Gasteiger partial charge in [0.1, 0.15) is 6.10 Å². The molecule has 2 aromatic rings. The van der Waals surface area contributed by atoms with Crippen LogP contribution in [0.1, 0.15) is 22.5 Å². The molecule has 1 amide bonds. The van der Waals surface area contributed by atoms with E-state index >= 15 is 0 Å². The summed E-state index contributed by atoms with van der Waals surface area (Å²) < 4.78 is 6.00. The maximum Gasteiger partial charge on any atom is 0.414 e. The van der Waals surface area contributed by atoms with Gasteiger partial charge in [0.05, 0.1) is 15.8 Å². The molecule has 1 aromatic heterocycles. The van der Waals surface area contributed by atoms with Crippen LogP contribution in [0, 0.1) is 0 Å². The van der Waals surface area contributed by atoms with E-state index in [1.807, 2.05) is 24.3 Å². The molecule has 0 bridgehead atoms. The molecule has 0 spiro atoms. The fourth-order valence-corrected chi connectivity index (χ4v) is 3.81. The Morgan fingerprint density at radius 3 is 2.70 bits per heavy atom. The third-order valence-corrected chi connectivity index (χ3v) is 5.47. The molecule has 0 aliphatic carbocycles. The Hall–Kier alpha value is -2.13. The number of carbonyl (C=O) groups excluding carboxylic acids is 2. The quantitative estimate of drug-likeness (QED) is 0.255. The standard InChI is InChI=1S/C18H21ClN4O3S/c19-17-8-7-16(27-17)15(24)6-5-14-11-23(18(25)26-14)13-3-1-12(2-4-13)21-9-10-22-20/h1-4,7-8,14,21-22H,5-6,9-11,20H2/t14-/m0/s1. The third-order valence-electron chi connectivity index (χ3n) is 4.19. The van der Waals surface area contributed by atoms with Crippen LogP contribution in [-0.2, 0) is 4.74 Å². The molecule has 1 aromatic carbocycles. The second kappa shape index (κ2) is 9.18. The second-order valence-corrected chi connectivity index (χ2v) is 7.82. The van der Waals surface area contributed by atoms with Crippen LogP contribution in [0.25, 0.3) is 0 Å². The zero-order valence-electron chi connectivity index (χ0n) is 14.6. The van der Waals surface area contributed by atoms with Gasteiger partial charge in [0.2, 0.25) is 0 Å². The first-order chi connectivity index (χ1) is 13.1. The minimum atomic E-state index is -0.389. The number of ketones is 1. The number of nitrogens with two attached hydrogens (primary N) is 1. The molecule has 9 heteroatoms. The first kappa shape index (κ1) is 19.6. The Morgan fingerprint density at radius 1 is 1.26 bits per heavy atom. The average molecular weight is 409 g/mol. The van der Waals surface area contributed by atoms with Crippen LogP contribution in [0.15, 0.2) is 36.4 Å². The van der Waals surface area contributed by atoms with Gasteiger partial charge in [-0.2, -0.15) is 0 Å². The number of benzene rings is 1. The fourth-order valence-electron chi connectivity index (χ4n) is 2.80. The van der Waals surface area contributed by atoms with Gasteiger partial charge in [0.25, 0.3) is 0 Å². The van der Waals surface area contributed by atoms with Crippen molar-refractivity contribution in [1.82, 2.24) is 5.43 Å². The summed E-state index contributed by atoms with van der Waals surface area (Å²) in [5.41, 5.74) is 4.28. The SMILES string of the molecule is NNCCNc1ccc(N2C[C@H](CCC(=O)c3ccc(Cl)s3)OC2=O)cc1. The van der Waals surface area contributed by atoms with Gasteiger partial charge in [-0.05, 0) is 42.8 Å². The fraction of sp³-hybridized carbons (Fsp3) is 0.333. The van der Waals surface area contributed by atoms with Gasteiger partial charge in [-0.1, -0.05) is 11.6 Å². The van der Waals surface area contributed by atoms with Crippen LogP contribution >= 0.6 is 22.9 Å². The zero-order valence-corrected chi connectivity index (χ0v) is 16.2. The lowest BCUT2D eigenvalue weighted by Gasteiger charge is -2.14. The summed E-state index contributed by atoms with van der Waals surface area (Å²) >= 11 is 7.13. The summed E-state index contributed by atoms with van der Waals surface area (Å²) in [5, 5.41) is 3.21. The smallest absolute Gasteiger partial charge is 0.414 e. The van der Waals surface area contributed by atoms with Gasteiger partial charge >= 0.3 is 6.09 Å². The number of hydrogen-bond donors (Lipinski definition) is 3.